The van der Waals surface area contributed by atoms with E-state index < -0.39 is 0 Å². The van der Waals surface area contributed by atoms with Crippen LogP contribution in [0.4, 0.5) is 0 Å². The molecule has 0 aliphatic heterocycles. The van der Waals surface area contributed by atoms with E-state index in [-0.39, 0.29) is 5.97 Å². The Morgan fingerprint density at radius 2 is 2.50 bits per heavy atom. The van der Waals surface area contributed by atoms with Crippen molar-refractivity contribution in [3.63, 3.8) is 0 Å². The predicted molar refractivity (Wildman–Crippen MR) is 60.6 cm³/mol. The highest BCUT2D eigenvalue weighted by Crippen LogP contribution is 2.32. The Bertz CT molecular complexity index is 391. The Balaban J connectivity index is 1.85. The molecular formula is C12H16N2O2. The molecule has 1 aliphatic rings. The molecule has 0 amide bonds. The second kappa shape index (κ2) is 4.96. The standard InChI is InChI=1S/C12H16N2O2/c1-16-12(15)5-4-11-8-14(9-13-11)7-6-10-2-3-10/h4-5,8-10H,2-3,6-7H2,1H3/b5-4+. The summed E-state index contributed by atoms with van der Waals surface area (Å²) in [5, 5.41) is 0. The normalized spacial score (nSPS) is 15.6. The van der Waals surface area contributed by atoms with Crippen LogP contribution in [-0.4, -0.2) is 22.6 Å². The summed E-state index contributed by atoms with van der Waals surface area (Å²) in [6.07, 6.45) is 10.8. The Hall–Kier alpha value is -1.58. The first-order valence-corrected chi connectivity index (χ1v) is 5.56. The molecule has 16 heavy (non-hydrogen) atoms. The lowest BCUT2D eigenvalue weighted by molar-refractivity contribution is -0.134. The smallest absolute Gasteiger partial charge is 0.330 e. The highest BCUT2D eigenvalue weighted by atomic mass is 16.5. The maximum absolute atomic E-state index is 10.9. The minimum atomic E-state index is -0.354. The van der Waals surface area contributed by atoms with Crippen molar-refractivity contribution in [2.75, 3.05) is 7.11 Å². The fraction of sp³-hybridized carbons (Fsp3) is 0.500. The number of hydrogen-bond acceptors (Lipinski definition) is 3. The Labute approximate surface area is 94.9 Å². The van der Waals surface area contributed by atoms with Gasteiger partial charge in [-0.3, -0.25) is 0 Å². The van der Waals surface area contributed by atoms with Crippen molar-refractivity contribution in [2.45, 2.75) is 25.8 Å². The summed E-state index contributed by atoms with van der Waals surface area (Å²) in [5.74, 6) is 0.573. The van der Waals surface area contributed by atoms with Crippen LogP contribution in [0, 0.1) is 5.92 Å². The average Bonchev–Trinajstić information content (AvgIpc) is 3.02. The number of methoxy groups -OCH3 is 1. The third kappa shape index (κ3) is 3.22. The molecule has 1 saturated carbocycles. The summed E-state index contributed by atoms with van der Waals surface area (Å²) in [7, 11) is 1.36. The number of nitrogens with zero attached hydrogens (tertiary/aromatic N) is 2. The van der Waals surface area contributed by atoms with Gasteiger partial charge < -0.3 is 9.30 Å². The van der Waals surface area contributed by atoms with Gasteiger partial charge in [-0.25, -0.2) is 9.78 Å². The Kier molecular flexibility index (Phi) is 3.39. The fourth-order valence-corrected chi connectivity index (χ4v) is 1.55. The quantitative estimate of drug-likeness (QED) is 0.562. The number of esters is 1. The van der Waals surface area contributed by atoms with Crippen molar-refractivity contribution < 1.29 is 9.53 Å². The van der Waals surface area contributed by atoms with Crippen LogP contribution in [0.3, 0.4) is 0 Å². The molecule has 0 spiro atoms. The van der Waals surface area contributed by atoms with Gasteiger partial charge in [0.2, 0.25) is 0 Å². The minimum Gasteiger partial charge on any atom is -0.466 e. The van der Waals surface area contributed by atoms with Gasteiger partial charge in [-0.2, -0.15) is 0 Å². The number of rotatable bonds is 5. The van der Waals surface area contributed by atoms with E-state index in [1.807, 2.05) is 6.20 Å². The molecule has 1 aliphatic carbocycles. The predicted octanol–water partition coefficient (Wildman–Crippen LogP) is 1.87. The molecule has 1 fully saturated rings. The zero-order valence-electron chi connectivity index (χ0n) is 9.43. The molecule has 1 aromatic heterocycles. The van der Waals surface area contributed by atoms with Crippen molar-refractivity contribution in [3.8, 4) is 0 Å². The summed E-state index contributed by atoms with van der Waals surface area (Å²) in [5.41, 5.74) is 0.793. The summed E-state index contributed by atoms with van der Waals surface area (Å²) in [6.45, 7) is 1.02. The highest BCUT2D eigenvalue weighted by molar-refractivity contribution is 5.86. The number of carbonyl (C=O) groups excluding carboxylic acids is 1. The number of aromatic nitrogens is 2. The molecule has 2 rings (SSSR count). The molecule has 1 aromatic rings. The Morgan fingerprint density at radius 1 is 1.69 bits per heavy atom. The lowest BCUT2D eigenvalue weighted by Crippen LogP contribution is -1.95. The zero-order valence-corrected chi connectivity index (χ0v) is 9.43. The van der Waals surface area contributed by atoms with Gasteiger partial charge in [-0.1, -0.05) is 12.8 Å². The third-order valence-electron chi connectivity index (χ3n) is 2.74. The van der Waals surface area contributed by atoms with Crippen molar-refractivity contribution in [1.82, 2.24) is 9.55 Å². The molecular weight excluding hydrogens is 204 g/mol. The molecule has 86 valence electrons. The summed E-state index contributed by atoms with van der Waals surface area (Å²) in [6, 6.07) is 0. The first-order valence-electron chi connectivity index (χ1n) is 5.56. The summed E-state index contributed by atoms with van der Waals surface area (Å²) in [4.78, 5) is 15.1. The lowest BCUT2D eigenvalue weighted by atomic mass is 10.3. The van der Waals surface area contributed by atoms with Gasteiger partial charge in [-0.05, 0) is 18.4 Å². The van der Waals surface area contributed by atoms with Gasteiger partial charge in [0.1, 0.15) is 0 Å². The second-order valence-corrected chi connectivity index (χ2v) is 4.12. The Morgan fingerprint density at radius 3 is 3.19 bits per heavy atom. The van der Waals surface area contributed by atoms with Gasteiger partial charge in [0.15, 0.2) is 0 Å². The maximum Gasteiger partial charge on any atom is 0.330 e. The largest absolute Gasteiger partial charge is 0.466 e. The van der Waals surface area contributed by atoms with Crippen LogP contribution in [0.15, 0.2) is 18.6 Å². The van der Waals surface area contributed by atoms with Crippen molar-refractivity contribution in [3.05, 3.63) is 24.3 Å². The van der Waals surface area contributed by atoms with Crippen molar-refractivity contribution >= 4 is 12.0 Å². The van der Waals surface area contributed by atoms with E-state index in [1.165, 1.54) is 32.4 Å². The fourth-order valence-electron chi connectivity index (χ4n) is 1.55. The number of imidazole rings is 1. The number of ether oxygens (including phenoxy) is 1. The van der Waals surface area contributed by atoms with Gasteiger partial charge in [0.25, 0.3) is 0 Å². The van der Waals surface area contributed by atoms with Crippen LogP contribution in [-0.2, 0) is 16.1 Å². The minimum absolute atomic E-state index is 0.354. The van der Waals surface area contributed by atoms with Crippen LogP contribution < -0.4 is 0 Å². The van der Waals surface area contributed by atoms with Crippen LogP contribution >= 0.6 is 0 Å². The number of aryl methyl sites for hydroxylation is 1. The maximum atomic E-state index is 10.9. The van der Waals surface area contributed by atoms with E-state index in [2.05, 4.69) is 14.3 Å². The lowest BCUT2D eigenvalue weighted by Gasteiger charge is -1.98. The van der Waals surface area contributed by atoms with E-state index in [0.717, 1.165) is 18.2 Å². The zero-order chi connectivity index (χ0) is 11.4. The average molecular weight is 220 g/mol. The summed E-state index contributed by atoms with van der Waals surface area (Å²) < 4.78 is 6.57. The van der Waals surface area contributed by atoms with Gasteiger partial charge in [0.05, 0.1) is 19.1 Å². The highest BCUT2D eigenvalue weighted by Gasteiger charge is 2.20. The van der Waals surface area contributed by atoms with Crippen LogP contribution in [0.5, 0.6) is 0 Å². The second-order valence-electron chi connectivity index (χ2n) is 4.12. The van der Waals surface area contributed by atoms with E-state index in [1.54, 1.807) is 12.4 Å². The van der Waals surface area contributed by atoms with E-state index >= 15 is 0 Å². The van der Waals surface area contributed by atoms with Gasteiger partial charge in [0, 0.05) is 18.8 Å². The monoisotopic (exact) mass is 220 g/mol. The number of hydrogen-bond donors (Lipinski definition) is 0. The molecule has 0 atom stereocenters. The SMILES string of the molecule is COC(=O)/C=C/c1cn(CCC2CC2)cn1. The molecule has 0 radical (unpaired) electrons. The van der Waals surface area contributed by atoms with E-state index in [4.69, 9.17) is 0 Å². The molecule has 0 unspecified atom stereocenters. The number of carbonyl (C=O) groups is 1. The van der Waals surface area contributed by atoms with Gasteiger partial charge in [-0.15, -0.1) is 0 Å². The first kappa shape index (κ1) is 10.9. The van der Waals surface area contributed by atoms with Crippen LogP contribution in [0.1, 0.15) is 25.0 Å². The first-order chi connectivity index (χ1) is 7.78. The molecule has 0 saturated heterocycles. The molecule has 1 heterocycles. The molecule has 4 nitrogen and oxygen atoms in total. The topological polar surface area (TPSA) is 44.1 Å². The van der Waals surface area contributed by atoms with E-state index in [9.17, 15) is 4.79 Å². The molecule has 0 N–H and O–H groups in total. The molecule has 4 heteroatoms. The molecule has 0 bridgehead atoms. The van der Waals surface area contributed by atoms with Crippen molar-refractivity contribution in [2.24, 2.45) is 5.92 Å². The third-order valence-corrected chi connectivity index (χ3v) is 2.74. The molecule has 0 aromatic carbocycles. The summed E-state index contributed by atoms with van der Waals surface area (Å²) >= 11 is 0. The van der Waals surface area contributed by atoms with E-state index in [0.29, 0.717) is 0 Å². The van der Waals surface area contributed by atoms with Crippen molar-refractivity contribution in [1.29, 1.82) is 0 Å². The van der Waals surface area contributed by atoms with Crippen LogP contribution in [0.25, 0.3) is 6.08 Å². The van der Waals surface area contributed by atoms with Gasteiger partial charge >= 0.3 is 5.97 Å². The van der Waals surface area contributed by atoms with Crippen LogP contribution in [0.2, 0.25) is 0 Å².